The lowest BCUT2D eigenvalue weighted by Gasteiger charge is -2.05. The number of esters is 1. The lowest BCUT2D eigenvalue weighted by atomic mass is 10.1. The first-order valence-electron chi connectivity index (χ1n) is 8.06. The molecule has 0 bridgehead atoms. The van der Waals surface area contributed by atoms with E-state index in [0.717, 1.165) is 10.0 Å². The predicted molar refractivity (Wildman–Crippen MR) is 103 cm³/mol. The van der Waals surface area contributed by atoms with Gasteiger partial charge in [0.2, 0.25) is 5.78 Å². The van der Waals surface area contributed by atoms with Gasteiger partial charge in [-0.3, -0.25) is 9.78 Å². The number of hydrogen-bond acceptors (Lipinski definition) is 5. The summed E-state index contributed by atoms with van der Waals surface area (Å²) in [5.41, 5.74) is 1.66. The minimum absolute atomic E-state index is 0.215. The maximum atomic E-state index is 12.5. The van der Waals surface area contributed by atoms with Gasteiger partial charge in [-0.1, -0.05) is 15.9 Å². The molecule has 0 saturated heterocycles. The number of aromatic nitrogens is 1. The molecule has 0 saturated carbocycles. The minimum atomic E-state index is -0.487. The van der Waals surface area contributed by atoms with E-state index in [2.05, 4.69) is 20.9 Å². The molecule has 1 aromatic heterocycles. The lowest BCUT2D eigenvalue weighted by Crippen LogP contribution is -2.08. The van der Waals surface area contributed by atoms with Crippen LogP contribution in [0, 0.1) is 0 Å². The van der Waals surface area contributed by atoms with Gasteiger partial charge < -0.3 is 9.47 Å². The molecule has 0 unspecified atom stereocenters. The molecule has 6 heteroatoms. The summed E-state index contributed by atoms with van der Waals surface area (Å²) in [6.45, 7) is 0. The molecule has 0 fully saturated rings. The quantitative estimate of drug-likeness (QED) is 0.349. The van der Waals surface area contributed by atoms with Crippen molar-refractivity contribution in [2.45, 2.75) is 0 Å². The van der Waals surface area contributed by atoms with E-state index < -0.39 is 5.97 Å². The normalized spacial score (nSPS) is 14.0. The zero-order chi connectivity index (χ0) is 18.8. The fourth-order valence-corrected chi connectivity index (χ4v) is 2.86. The molecule has 4 rings (SSSR count). The molecular formula is C21H12BrNO4. The summed E-state index contributed by atoms with van der Waals surface area (Å²) in [6.07, 6.45) is 4.93. The SMILES string of the molecule is O=C(Oc1ccc2c(c1)O/C(=C/c1ccncc1)C2=O)c1ccc(Br)cc1. The van der Waals surface area contributed by atoms with Gasteiger partial charge in [0.25, 0.3) is 0 Å². The van der Waals surface area contributed by atoms with E-state index in [0.29, 0.717) is 22.6 Å². The Bertz CT molecular complexity index is 1060. The fourth-order valence-electron chi connectivity index (χ4n) is 2.59. The summed E-state index contributed by atoms with van der Waals surface area (Å²) < 4.78 is 11.9. The average molecular weight is 422 g/mol. The third-order valence-corrected chi connectivity index (χ3v) is 4.46. The second-order valence-corrected chi connectivity index (χ2v) is 6.69. The summed E-state index contributed by atoms with van der Waals surface area (Å²) in [5, 5.41) is 0. The Kier molecular flexibility index (Phi) is 4.56. The molecule has 0 N–H and O–H groups in total. The van der Waals surface area contributed by atoms with Crippen molar-refractivity contribution in [3.63, 3.8) is 0 Å². The molecule has 3 aromatic rings. The molecule has 1 aliphatic rings. The number of nitrogens with zero attached hydrogens (tertiary/aromatic N) is 1. The van der Waals surface area contributed by atoms with E-state index in [1.54, 1.807) is 67.0 Å². The third kappa shape index (κ3) is 3.66. The van der Waals surface area contributed by atoms with Crippen molar-refractivity contribution < 1.29 is 19.1 Å². The van der Waals surface area contributed by atoms with Crippen molar-refractivity contribution in [1.82, 2.24) is 4.98 Å². The Balaban J connectivity index is 1.55. The van der Waals surface area contributed by atoms with E-state index in [4.69, 9.17) is 9.47 Å². The van der Waals surface area contributed by atoms with Crippen LogP contribution in [0.2, 0.25) is 0 Å². The minimum Gasteiger partial charge on any atom is -0.452 e. The van der Waals surface area contributed by atoms with Gasteiger partial charge in [-0.05, 0) is 60.2 Å². The molecule has 2 aromatic carbocycles. The number of Topliss-reactive ketones (excluding diaryl/α,β-unsaturated/α-hetero) is 1. The highest BCUT2D eigenvalue weighted by Gasteiger charge is 2.28. The molecule has 27 heavy (non-hydrogen) atoms. The van der Waals surface area contributed by atoms with Crippen LogP contribution in [-0.4, -0.2) is 16.7 Å². The number of benzene rings is 2. The first-order valence-corrected chi connectivity index (χ1v) is 8.85. The second-order valence-electron chi connectivity index (χ2n) is 5.77. The molecule has 132 valence electrons. The monoisotopic (exact) mass is 421 g/mol. The van der Waals surface area contributed by atoms with Gasteiger partial charge in [-0.15, -0.1) is 0 Å². The number of allylic oxidation sites excluding steroid dienone is 1. The van der Waals surface area contributed by atoms with Gasteiger partial charge in [-0.25, -0.2) is 4.79 Å². The number of rotatable bonds is 3. The Morgan fingerprint density at radius 1 is 1.04 bits per heavy atom. The smallest absolute Gasteiger partial charge is 0.343 e. The zero-order valence-corrected chi connectivity index (χ0v) is 15.5. The summed E-state index contributed by atoms with van der Waals surface area (Å²) in [5.74, 6) is 0.181. The number of carbonyl (C=O) groups excluding carboxylic acids is 2. The number of fused-ring (bicyclic) bond motifs is 1. The predicted octanol–water partition coefficient (Wildman–Crippen LogP) is 4.68. The van der Waals surface area contributed by atoms with Crippen molar-refractivity contribution in [2.75, 3.05) is 0 Å². The topological polar surface area (TPSA) is 65.5 Å². The van der Waals surface area contributed by atoms with Crippen LogP contribution < -0.4 is 9.47 Å². The van der Waals surface area contributed by atoms with Gasteiger partial charge in [-0.2, -0.15) is 0 Å². The molecular weight excluding hydrogens is 410 g/mol. The molecule has 2 heterocycles. The number of ketones is 1. The number of hydrogen-bond donors (Lipinski definition) is 0. The Morgan fingerprint density at radius 2 is 1.78 bits per heavy atom. The van der Waals surface area contributed by atoms with Gasteiger partial charge >= 0.3 is 5.97 Å². The van der Waals surface area contributed by atoms with Gasteiger partial charge in [0, 0.05) is 22.9 Å². The first kappa shape index (κ1) is 17.2. The standard InChI is InChI=1S/C21H12BrNO4/c22-15-3-1-14(2-4-15)21(25)26-16-5-6-17-18(12-16)27-19(20(17)24)11-13-7-9-23-10-8-13/h1-12H/b19-11+. The fraction of sp³-hybridized carbons (Fsp3) is 0. The molecule has 0 spiro atoms. The highest BCUT2D eigenvalue weighted by atomic mass is 79.9. The van der Waals surface area contributed by atoms with E-state index >= 15 is 0 Å². The first-order chi connectivity index (χ1) is 13.1. The van der Waals surface area contributed by atoms with E-state index in [1.807, 2.05) is 0 Å². The zero-order valence-electron chi connectivity index (χ0n) is 13.9. The molecule has 5 nitrogen and oxygen atoms in total. The van der Waals surface area contributed by atoms with Crippen LogP contribution in [0.15, 0.2) is 77.2 Å². The van der Waals surface area contributed by atoms with Crippen LogP contribution in [0.5, 0.6) is 11.5 Å². The van der Waals surface area contributed by atoms with Crippen molar-refractivity contribution in [3.8, 4) is 11.5 Å². The number of ether oxygens (including phenoxy) is 2. The van der Waals surface area contributed by atoms with E-state index in [9.17, 15) is 9.59 Å². The largest absolute Gasteiger partial charge is 0.452 e. The van der Waals surface area contributed by atoms with Crippen molar-refractivity contribution in [2.24, 2.45) is 0 Å². The Hall–Kier alpha value is -3.25. The van der Waals surface area contributed by atoms with E-state index in [-0.39, 0.29) is 11.5 Å². The average Bonchev–Trinajstić information content (AvgIpc) is 2.98. The molecule has 0 amide bonds. The number of halogens is 1. The maximum Gasteiger partial charge on any atom is 0.343 e. The van der Waals surface area contributed by atoms with Crippen LogP contribution in [0.1, 0.15) is 26.3 Å². The number of carbonyl (C=O) groups is 2. The van der Waals surface area contributed by atoms with Gasteiger partial charge in [0.15, 0.2) is 5.76 Å². The van der Waals surface area contributed by atoms with Crippen LogP contribution in [0.25, 0.3) is 6.08 Å². The highest BCUT2D eigenvalue weighted by molar-refractivity contribution is 9.10. The summed E-state index contributed by atoms with van der Waals surface area (Å²) in [7, 11) is 0. The van der Waals surface area contributed by atoms with Crippen LogP contribution >= 0.6 is 15.9 Å². The van der Waals surface area contributed by atoms with Crippen molar-refractivity contribution in [3.05, 3.63) is 93.9 Å². The molecule has 0 aliphatic carbocycles. The van der Waals surface area contributed by atoms with Crippen molar-refractivity contribution in [1.29, 1.82) is 0 Å². The van der Waals surface area contributed by atoms with E-state index in [1.165, 1.54) is 6.07 Å². The summed E-state index contributed by atoms with van der Waals surface area (Å²) >= 11 is 3.32. The second kappa shape index (κ2) is 7.17. The van der Waals surface area contributed by atoms with Crippen LogP contribution in [0.4, 0.5) is 0 Å². The molecule has 0 radical (unpaired) electrons. The Labute approximate surface area is 163 Å². The molecule has 0 atom stereocenters. The summed E-state index contributed by atoms with van der Waals surface area (Å²) in [4.78, 5) is 28.6. The number of pyridine rings is 1. The maximum absolute atomic E-state index is 12.5. The van der Waals surface area contributed by atoms with Gasteiger partial charge in [0.05, 0.1) is 11.1 Å². The van der Waals surface area contributed by atoms with Crippen LogP contribution in [0.3, 0.4) is 0 Å². The third-order valence-electron chi connectivity index (χ3n) is 3.94. The van der Waals surface area contributed by atoms with Gasteiger partial charge in [0.1, 0.15) is 11.5 Å². The summed E-state index contributed by atoms with van der Waals surface area (Å²) in [6, 6.07) is 15.1. The highest BCUT2D eigenvalue weighted by Crippen LogP contribution is 2.35. The van der Waals surface area contributed by atoms with Crippen LogP contribution in [-0.2, 0) is 0 Å². The Morgan fingerprint density at radius 3 is 2.52 bits per heavy atom. The lowest BCUT2D eigenvalue weighted by molar-refractivity contribution is 0.0734. The van der Waals surface area contributed by atoms with Crippen molar-refractivity contribution >= 4 is 33.8 Å². The molecule has 1 aliphatic heterocycles.